The molecule has 44 heavy (non-hydrogen) atoms. The van der Waals surface area contributed by atoms with Crippen molar-refractivity contribution in [1.29, 1.82) is 0 Å². The maximum absolute atomic E-state index is 13.8. The lowest BCUT2D eigenvalue weighted by molar-refractivity contribution is -0.182. The summed E-state index contributed by atoms with van der Waals surface area (Å²) in [5, 5.41) is 20.9. The van der Waals surface area contributed by atoms with Crippen LogP contribution in [-0.2, 0) is 43.0 Å². The summed E-state index contributed by atoms with van der Waals surface area (Å²) in [4.78, 5) is 83.9. The highest BCUT2D eigenvalue weighted by Crippen LogP contribution is 2.24. The molecule has 14 nitrogen and oxygen atoms in total. The molecule has 0 spiro atoms. The van der Waals surface area contributed by atoms with Gasteiger partial charge in [-0.1, -0.05) is 48.0 Å². The van der Waals surface area contributed by atoms with Gasteiger partial charge in [-0.3, -0.25) is 14.4 Å². The molecule has 1 saturated heterocycles. The van der Waals surface area contributed by atoms with Gasteiger partial charge in [-0.05, 0) is 38.5 Å². The van der Waals surface area contributed by atoms with Crippen LogP contribution in [0.2, 0.25) is 0 Å². The number of likely N-dealkylation sites (N-methyl/N-ethyl adjacent to an activating group) is 3. The quantitative estimate of drug-likeness (QED) is 0.306. The minimum atomic E-state index is -1.60. The molecule has 0 saturated carbocycles. The van der Waals surface area contributed by atoms with E-state index in [0.717, 1.165) is 14.7 Å². The molecule has 14 heteroatoms. The molecule has 3 amide bonds. The van der Waals surface area contributed by atoms with Crippen LogP contribution in [0.15, 0.2) is 0 Å². The van der Waals surface area contributed by atoms with Crippen LogP contribution in [0, 0.1) is 17.8 Å². The molecule has 1 aliphatic heterocycles. The third kappa shape index (κ3) is 8.90. The first-order chi connectivity index (χ1) is 20.2. The number of nitrogens with zero attached hydrogens (tertiary/aromatic N) is 3. The van der Waals surface area contributed by atoms with Crippen LogP contribution in [0.3, 0.4) is 0 Å². The Kier molecular flexibility index (Phi) is 14.2. The van der Waals surface area contributed by atoms with Crippen molar-refractivity contribution in [3.8, 4) is 0 Å². The van der Waals surface area contributed by atoms with Gasteiger partial charge in [0.05, 0.1) is 12.2 Å². The molecule has 1 heterocycles. The molecule has 1 aliphatic rings. The molecular weight excluding hydrogens is 578 g/mol. The summed E-state index contributed by atoms with van der Waals surface area (Å²) in [6, 6.07) is -4.39. The second-order valence-electron chi connectivity index (χ2n) is 12.3. The van der Waals surface area contributed by atoms with Gasteiger partial charge >= 0.3 is 17.9 Å². The molecule has 0 radical (unpaired) electrons. The molecule has 0 aromatic heterocycles. The van der Waals surface area contributed by atoms with E-state index in [-0.39, 0.29) is 0 Å². The van der Waals surface area contributed by atoms with Gasteiger partial charge in [-0.15, -0.1) is 0 Å². The fourth-order valence-electron chi connectivity index (χ4n) is 5.08. The third-order valence-electron chi connectivity index (χ3n) is 7.94. The zero-order valence-corrected chi connectivity index (χ0v) is 28.0. The van der Waals surface area contributed by atoms with Crippen molar-refractivity contribution in [2.75, 3.05) is 21.1 Å². The summed E-state index contributed by atoms with van der Waals surface area (Å²) in [5.74, 6) is -7.16. The Morgan fingerprint density at radius 2 is 0.909 bits per heavy atom. The number of rotatable bonds is 6. The summed E-state index contributed by atoms with van der Waals surface area (Å²) in [6.45, 7) is 13.8. The Morgan fingerprint density at radius 1 is 0.591 bits per heavy atom. The summed E-state index contributed by atoms with van der Waals surface area (Å²) in [7, 11) is 3.80. The zero-order chi connectivity index (χ0) is 34.4. The summed E-state index contributed by atoms with van der Waals surface area (Å²) in [6.07, 6.45) is -6.83. The second-order valence-corrected chi connectivity index (χ2v) is 12.3. The fourth-order valence-corrected chi connectivity index (χ4v) is 5.08. The predicted octanol–water partition coefficient (Wildman–Crippen LogP) is 0.356. The average molecular weight is 630 g/mol. The highest BCUT2D eigenvalue weighted by Gasteiger charge is 2.45. The van der Waals surface area contributed by atoms with Crippen molar-refractivity contribution in [1.82, 2.24) is 14.7 Å². The molecule has 0 aromatic rings. The number of esters is 3. The molecule has 252 valence electrons. The standard InChI is InChI=1S/C30H51N3O11/c1-13-16(6)20-28(39)43-24(15(4)5)27(38)33(12)21(17(7)34)29(40)42-19(9)25(36)32(11)22(18(8)35)30(41)44-23(14(2)3)26(37)31(20)10/h14-24,34-35H,13H2,1-12H3/t16-,17+,18+,19+,20-,21-,22-,23+,24-/m0/s1. The van der Waals surface area contributed by atoms with Crippen molar-refractivity contribution < 1.29 is 53.2 Å². The van der Waals surface area contributed by atoms with Crippen LogP contribution < -0.4 is 0 Å². The van der Waals surface area contributed by atoms with Gasteiger partial charge in [0, 0.05) is 21.1 Å². The van der Waals surface area contributed by atoms with Gasteiger partial charge in [-0.2, -0.15) is 0 Å². The van der Waals surface area contributed by atoms with Crippen molar-refractivity contribution >= 4 is 35.6 Å². The predicted molar refractivity (Wildman–Crippen MR) is 157 cm³/mol. The minimum Gasteiger partial charge on any atom is -0.451 e. The van der Waals surface area contributed by atoms with E-state index >= 15 is 0 Å². The fraction of sp³-hybridized carbons (Fsp3) is 0.800. The van der Waals surface area contributed by atoms with Crippen molar-refractivity contribution in [2.45, 2.75) is 117 Å². The number of hydrogen-bond donors (Lipinski definition) is 2. The smallest absolute Gasteiger partial charge is 0.332 e. The van der Waals surface area contributed by atoms with E-state index in [4.69, 9.17) is 14.2 Å². The van der Waals surface area contributed by atoms with Crippen LogP contribution in [0.5, 0.6) is 0 Å². The van der Waals surface area contributed by atoms with E-state index in [0.29, 0.717) is 6.42 Å². The van der Waals surface area contributed by atoms with Gasteiger partial charge < -0.3 is 39.1 Å². The van der Waals surface area contributed by atoms with Gasteiger partial charge in [0.2, 0.25) is 0 Å². The van der Waals surface area contributed by atoms with E-state index in [2.05, 4.69) is 0 Å². The van der Waals surface area contributed by atoms with Gasteiger partial charge in [0.15, 0.2) is 30.4 Å². The molecule has 1 rings (SSSR count). The van der Waals surface area contributed by atoms with Gasteiger partial charge in [0.25, 0.3) is 17.7 Å². The number of aliphatic hydroxyl groups excluding tert-OH is 2. The minimum absolute atomic E-state index is 0.439. The average Bonchev–Trinajstić information content (AvgIpc) is 2.91. The van der Waals surface area contributed by atoms with E-state index in [1.807, 2.05) is 0 Å². The van der Waals surface area contributed by atoms with Crippen molar-refractivity contribution in [2.24, 2.45) is 17.8 Å². The topological polar surface area (TPSA) is 180 Å². The van der Waals surface area contributed by atoms with E-state index in [1.54, 1.807) is 41.5 Å². The third-order valence-corrected chi connectivity index (χ3v) is 7.94. The molecule has 0 aromatic carbocycles. The lowest BCUT2D eigenvalue weighted by atomic mass is 9.96. The lowest BCUT2D eigenvalue weighted by Crippen LogP contribution is -2.58. The Balaban J connectivity index is 3.87. The van der Waals surface area contributed by atoms with Crippen LogP contribution in [0.1, 0.15) is 68.7 Å². The highest BCUT2D eigenvalue weighted by atomic mass is 16.6. The van der Waals surface area contributed by atoms with E-state index < -0.39 is 102 Å². The Bertz CT molecular complexity index is 1050. The van der Waals surface area contributed by atoms with E-state index in [9.17, 15) is 39.0 Å². The van der Waals surface area contributed by atoms with Crippen LogP contribution in [0.25, 0.3) is 0 Å². The normalized spacial score (nSPS) is 29.6. The Morgan fingerprint density at radius 3 is 1.25 bits per heavy atom. The van der Waals surface area contributed by atoms with Gasteiger partial charge in [-0.25, -0.2) is 14.4 Å². The maximum atomic E-state index is 13.8. The lowest BCUT2D eigenvalue weighted by Gasteiger charge is -2.37. The monoisotopic (exact) mass is 629 g/mol. The molecular formula is C30H51N3O11. The molecule has 9 atom stereocenters. The number of hydrogen-bond acceptors (Lipinski definition) is 11. The first-order valence-electron chi connectivity index (χ1n) is 15.0. The van der Waals surface area contributed by atoms with Crippen LogP contribution >= 0.6 is 0 Å². The molecule has 0 unspecified atom stereocenters. The van der Waals surface area contributed by atoms with E-state index in [1.165, 1.54) is 41.9 Å². The second kappa shape index (κ2) is 16.2. The number of aliphatic hydroxyl groups is 2. The number of amides is 3. The summed E-state index contributed by atoms with van der Waals surface area (Å²) in [5.41, 5.74) is 0. The molecule has 0 aliphatic carbocycles. The Hall–Kier alpha value is -3.26. The molecule has 1 fully saturated rings. The number of carbonyl (C=O) groups is 6. The first-order valence-corrected chi connectivity index (χ1v) is 15.0. The van der Waals surface area contributed by atoms with Crippen LogP contribution in [0.4, 0.5) is 0 Å². The largest absolute Gasteiger partial charge is 0.451 e. The molecule has 0 bridgehead atoms. The number of cyclic esters (lactones) is 3. The summed E-state index contributed by atoms with van der Waals surface area (Å²) < 4.78 is 16.6. The molecule has 2 N–H and O–H groups in total. The Labute approximate surface area is 259 Å². The van der Waals surface area contributed by atoms with Crippen molar-refractivity contribution in [3.63, 3.8) is 0 Å². The SMILES string of the molecule is CC[C@H](C)[C@H]1C(=O)O[C@@H](C(C)C)C(=O)N(C)[C@@H]([C@@H](C)O)C(=O)O[C@H](C)C(=O)N(C)[C@@H]([C@@H](C)O)C(=O)O[C@H](C(C)C)C(=O)N1C. The van der Waals surface area contributed by atoms with Crippen molar-refractivity contribution in [3.05, 3.63) is 0 Å². The summed E-state index contributed by atoms with van der Waals surface area (Å²) >= 11 is 0. The number of ether oxygens (including phenoxy) is 3. The number of carbonyl (C=O) groups excluding carboxylic acids is 6. The zero-order valence-electron chi connectivity index (χ0n) is 28.0. The first kappa shape index (κ1) is 38.8. The van der Waals surface area contributed by atoms with Gasteiger partial charge in [0.1, 0.15) is 6.04 Å². The maximum Gasteiger partial charge on any atom is 0.332 e. The highest BCUT2D eigenvalue weighted by molar-refractivity contribution is 5.94. The van der Waals surface area contributed by atoms with Crippen LogP contribution in [-0.4, -0.2) is 130 Å².